The van der Waals surface area contributed by atoms with E-state index in [0.29, 0.717) is 29.3 Å². The van der Waals surface area contributed by atoms with Gasteiger partial charge in [0.1, 0.15) is 18.1 Å². The quantitative estimate of drug-likeness (QED) is 0.303. The molecule has 1 amide bonds. The van der Waals surface area contributed by atoms with Gasteiger partial charge in [-0.15, -0.1) is 0 Å². The smallest absolute Gasteiger partial charge is 0.288 e. The van der Waals surface area contributed by atoms with Crippen LogP contribution >= 0.6 is 0 Å². The predicted octanol–water partition coefficient (Wildman–Crippen LogP) is 4.86. The monoisotopic (exact) mass is 460 g/mol. The summed E-state index contributed by atoms with van der Waals surface area (Å²) in [6.45, 7) is 12.5. The van der Waals surface area contributed by atoms with Crippen LogP contribution in [0.5, 0.6) is 5.88 Å². The van der Waals surface area contributed by atoms with E-state index in [9.17, 15) is 13.6 Å². The first-order valence-electron chi connectivity index (χ1n) is 10.5. The fraction of sp³-hybridized carbons (Fsp3) is 0.417. The van der Waals surface area contributed by atoms with Crippen molar-refractivity contribution in [2.24, 2.45) is 4.99 Å². The van der Waals surface area contributed by atoms with Crippen LogP contribution in [0.3, 0.4) is 0 Å². The van der Waals surface area contributed by atoms with Gasteiger partial charge >= 0.3 is 0 Å². The van der Waals surface area contributed by atoms with Crippen LogP contribution in [0, 0.1) is 6.92 Å². The Morgan fingerprint density at radius 2 is 2.00 bits per heavy atom. The number of aryl methyl sites for hydroxylation is 1. The molecule has 1 aromatic heterocycles. The molecule has 0 radical (unpaired) electrons. The van der Waals surface area contributed by atoms with Crippen LogP contribution in [-0.2, 0) is 10.7 Å². The first kappa shape index (κ1) is 25.9. The number of alkyl halides is 2. The lowest BCUT2D eigenvalue weighted by Gasteiger charge is -2.29. The number of ether oxygens (including phenoxy) is 2. The molecule has 0 N–H and O–H groups in total. The van der Waals surface area contributed by atoms with Gasteiger partial charge in [0.2, 0.25) is 5.88 Å². The van der Waals surface area contributed by atoms with Crippen molar-refractivity contribution in [1.29, 1.82) is 0 Å². The van der Waals surface area contributed by atoms with Gasteiger partial charge in [0.05, 0.1) is 24.0 Å². The van der Waals surface area contributed by atoms with Crippen molar-refractivity contribution in [2.75, 3.05) is 20.2 Å². The van der Waals surface area contributed by atoms with E-state index in [0.717, 1.165) is 24.9 Å². The molecule has 1 heterocycles. The van der Waals surface area contributed by atoms with Gasteiger partial charge in [-0.25, -0.2) is 9.97 Å². The van der Waals surface area contributed by atoms with Crippen LogP contribution in [-0.4, -0.2) is 52.9 Å². The van der Waals surface area contributed by atoms with Crippen molar-refractivity contribution in [3.05, 3.63) is 59.6 Å². The number of aliphatic imine (C=N–C) groups is 1. The molecular weight excluding hydrogens is 430 g/mol. The normalized spacial score (nSPS) is 12.8. The Morgan fingerprint density at radius 3 is 2.55 bits per heavy atom. The molecule has 0 fully saturated rings. The Kier molecular flexibility index (Phi) is 8.62. The zero-order valence-corrected chi connectivity index (χ0v) is 19.9. The average molecular weight is 461 g/mol. The van der Waals surface area contributed by atoms with E-state index in [1.54, 1.807) is 31.0 Å². The molecule has 2 rings (SSSR count). The van der Waals surface area contributed by atoms with Gasteiger partial charge in [-0.1, -0.05) is 18.7 Å². The molecule has 2 aromatic rings. The molecule has 1 aromatic carbocycles. The first-order chi connectivity index (χ1) is 15.5. The van der Waals surface area contributed by atoms with E-state index in [2.05, 4.69) is 21.5 Å². The number of benzene rings is 1. The van der Waals surface area contributed by atoms with Gasteiger partial charge in [0.15, 0.2) is 5.90 Å². The number of rotatable bonds is 9. The van der Waals surface area contributed by atoms with Gasteiger partial charge in [0.25, 0.3) is 11.8 Å². The highest BCUT2D eigenvalue weighted by Gasteiger charge is 2.27. The van der Waals surface area contributed by atoms with Crippen molar-refractivity contribution in [2.45, 2.75) is 46.6 Å². The fourth-order valence-corrected chi connectivity index (χ4v) is 3.21. The van der Waals surface area contributed by atoms with E-state index in [4.69, 9.17) is 9.47 Å². The highest BCUT2D eigenvalue weighted by molar-refractivity contribution is 6.00. The summed E-state index contributed by atoms with van der Waals surface area (Å²) in [5.74, 6) is -2.42. The largest absolute Gasteiger partial charge is 0.474 e. The van der Waals surface area contributed by atoms with Crippen LogP contribution in [0.4, 0.5) is 8.78 Å². The molecule has 0 saturated carbocycles. The van der Waals surface area contributed by atoms with Crippen LogP contribution in [0.1, 0.15) is 54.9 Å². The summed E-state index contributed by atoms with van der Waals surface area (Å²) in [6.07, 6.45) is 2.13. The first-order valence-corrected chi connectivity index (χ1v) is 10.5. The Labute approximate surface area is 193 Å². The number of halogens is 2. The number of likely N-dealkylation sites (N-methyl/N-ethyl adjacent to an activating group) is 1. The standard InChI is InChI=1S/C24H30F2N4O3/c1-8-30(16(3)14-32-21-13-28-20(12-29-21)24(6,25)26)23(31)19-11-9-10-15(2)22(19)17(4)33-18(5)27-7/h9-13,16H,4,8,14H2,1-3,5-7H3/b27-18-. The van der Waals surface area contributed by atoms with Crippen molar-refractivity contribution in [3.63, 3.8) is 0 Å². The second-order valence-corrected chi connectivity index (χ2v) is 7.64. The Hall–Kier alpha value is -3.36. The van der Waals surface area contributed by atoms with Gasteiger partial charge < -0.3 is 14.4 Å². The van der Waals surface area contributed by atoms with Crippen molar-refractivity contribution < 1.29 is 23.0 Å². The fourth-order valence-electron chi connectivity index (χ4n) is 3.21. The molecular formula is C24H30F2N4O3. The van der Waals surface area contributed by atoms with Crippen LogP contribution in [0.25, 0.3) is 5.76 Å². The third-order valence-electron chi connectivity index (χ3n) is 5.05. The average Bonchev–Trinajstić information content (AvgIpc) is 2.77. The molecule has 0 saturated heterocycles. The third-order valence-corrected chi connectivity index (χ3v) is 5.05. The maximum Gasteiger partial charge on any atom is 0.288 e. The number of carbonyl (C=O) groups excluding carboxylic acids is 1. The maximum atomic E-state index is 13.4. The summed E-state index contributed by atoms with van der Waals surface area (Å²) in [4.78, 5) is 26.7. The topological polar surface area (TPSA) is 76.9 Å². The van der Waals surface area contributed by atoms with Crippen molar-refractivity contribution in [1.82, 2.24) is 14.9 Å². The van der Waals surface area contributed by atoms with E-state index >= 15 is 0 Å². The second kappa shape index (κ2) is 11.0. The Morgan fingerprint density at radius 1 is 1.30 bits per heavy atom. The molecule has 1 unspecified atom stereocenters. The molecule has 1 atom stereocenters. The Bertz CT molecular complexity index is 1020. The van der Waals surface area contributed by atoms with E-state index in [-0.39, 0.29) is 24.4 Å². The summed E-state index contributed by atoms with van der Waals surface area (Å²) in [6, 6.07) is 5.07. The molecule has 0 spiro atoms. The van der Waals surface area contributed by atoms with Crippen molar-refractivity contribution in [3.8, 4) is 5.88 Å². The zero-order chi connectivity index (χ0) is 24.8. The summed E-state index contributed by atoms with van der Waals surface area (Å²) in [5, 5.41) is 0. The number of carbonyl (C=O) groups is 1. The van der Waals surface area contributed by atoms with Crippen molar-refractivity contribution >= 4 is 17.6 Å². The third kappa shape index (κ3) is 6.57. The molecule has 0 bridgehead atoms. The SMILES string of the molecule is C=C(O/C(C)=N\C)c1c(C)cccc1C(=O)N(CC)C(C)COc1cnc(C(C)(F)F)cn1. The lowest BCUT2D eigenvalue weighted by molar-refractivity contribution is 0.0121. The lowest BCUT2D eigenvalue weighted by Crippen LogP contribution is -2.42. The summed E-state index contributed by atoms with van der Waals surface area (Å²) in [5.41, 5.74) is 1.47. The summed E-state index contributed by atoms with van der Waals surface area (Å²) in [7, 11) is 1.61. The number of hydrogen-bond donors (Lipinski definition) is 0. The molecule has 0 aliphatic carbocycles. The van der Waals surface area contributed by atoms with E-state index in [1.165, 1.54) is 0 Å². The molecule has 0 aliphatic rings. The van der Waals surface area contributed by atoms with Gasteiger partial charge in [-0.05, 0) is 32.4 Å². The molecule has 178 valence electrons. The number of hydrogen-bond acceptors (Lipinski definition) is 6. The summed E-state index contributed by atoms with van der Waals surface area (Å²) >= 11 is 0. The zero-order valence-electron chi connectivity index (χ0n) is 19.9. The lowest BCUT2D eigenvalue weighted by atomic mass is 9.99. The minimum atomic E-state index is -3.08. The molecule has 9 heteroatoms. The second-order valence-electron chi connectivity index (χ2n) is 7.64. The molecule has 7 nitrogen and oxygen atoms in total. The van der Waals surface area contributed by atoms with E-state index in [1.807, 2.05) is 26.8 Å². The minimum absolute atomic E-state index is 0.103. The van der Waals surface area contributed by atoms with Gasteiger partial charge in [-0.3, -0.25) is 9.79 Å². The maximum absolute atomic E-state index is 13.4. The predicted molar refractivity (Wildman–Crippen MR) is 124 cm³/mol. The highest BCUT2D eigenvalue weighted by atomic mass is 19.3. The molecule has 0 aliphatic heterocycles. The number of amides is 1. The highest BCUT2D eigenvalue weighted by Crippen LogP contribution is 2.26. The van der Waals surface area contributed by atoms with Crippen LogP contribution in [0.15, 0.2) is 42.2 Å². The number of nitrogens with zero attached hydrogens (tertiary/aromatic N) is 4. The number of aromatic nitrogens is 2. The van der Waals surface area contributed by atoms with E-state index < -0.39 is 11.6 Å². The molecule has 33 heavy (non-hydrogen) atoms. The van der Waals surface area contributed by atoms with Gasteiger partial charge in [0, 0.05) is 33.0 Å². The summed E-state index contributed by atoms with van der Waals surface area (Å²) < 4.78 is 37.9. The van der Waals surface area contributed by atoms with Crippen LogP contribution in [0.2, 0.25) is 0 Å². The van der Waals surface area contributed by atoms with Gasteiger partial charge in [-0.2, -0.15) is 8.78 Å². The van der Waals surface area contributed by atoms with Crippen LogP contribution < -0.4 is 4.74 Å². The minimum Gasteiger partial charge on any atom is -0.474 e. The Balaban J connectivity index is 2.19.